The monoisotopic (exact) mass is 362 g/mol. The average Bonchev–Trinajstić information content (AvgIpc) is 2.66. The molecule has 134 valence electrons. The van der Waals surface area contributed by atoms with Crippen molar-refractivity contribution < 1.29 is 17.9 Å². The molecular weight excluding hydrogens is 340 g/mol. The lowest BCUT2D eigenvalue weighted by molar-refractivity contribution is -0.134. The molecule has 25 heavy (non-hydrogen) atoms. The molecule has 0 bridgehead atoms. The molecule has 6 nitrogen and oxygen atoms in total. The Hall–Kier alpha value is -2.12. The second-order valence-electron chi connectivity index (χ2n) is 5.98. The van der Waals surface area contributed by atoms with Gasteiger partial charge in [-0.3, -0.25) is 4.79 Å². The maximum Gasteiger partial charge on any atom is 0.260 e. The number of sulfonamides is 1. The van der Waals surface area contributed by atoms with Gasteiger partial charge in [0.05, 0.1) is 5.75 Å². The van der Waals surface area contributed by atoms with E-state index < -0.39 is 10.0 Å². The number of hydrogen-bond acceptors (Lipinski definition) is 4. The summed E-state index contributed by atoms with van der Waals surface area (Å²) in [6.45, 7) is 3.08. The van der Waals surface area contributed by atoms with E-state index in [9.17, 15) is 13.2 Å². The van der Waals surface area contributed by atoms with Crippen LogP contribution in [0.15, 0.2) is 42.5 Å². The van der Waals surface area contributed by atoms with E-state index in [0.717, 1.165) is 10.8 Å². The molecule has 1 fully saturated rings. The Bertz CT molecular complexity index is 858. The van der Waals surface area contributed by atoms with Gasteiger partial charge in [-0.2, -0.15) is 4.31 Å². The van der Waals surface area contributed by atoms with Crippen molar-refractivity contribution in [1.82, 2.24) is 9.21 Å². The van der Waals surface area contributed by atoms with Gasteiger partial charge in [0.2, 0.25) is 10.0 Å². The number of amides is 1. The number of benzene rings is 2. The Morgan fingerprint density at radius 1 is 1.04 bits per heavy atom. The Balaban J connectivity index is 1.54. The Morgan fingerprint density at radius 3 is 2.40 bits per heavy atom. The van der Waals surface area contributed by atoms with E-state index in [1.807, 2.05) is 42.5 Å². The van der Waals surface area contributed by atoms with Gasteiger partial charge in [0.15, 0.2) is 6.61 Å². The number of piperazine rings is 1. The molecule has 0 radical (unpaired) electrons. The second kappa shape index (κ2) is 7.41. The molecule has 0 saturated carbocycles. The fraction of sp³-hybridized carbons (Fsp3) is 0.389. The predicted octanol–water partition coefficient (Wildman–Crippen LogP) is 1.71. The molecule has 2 aromatic rings. The largest absolute Gasteiger partial charge is 0.484 e. The van der Waals surface area contributed by atoms with Crippen molar-refractivity contribution in [2.24, 2.45) is 0 Å². The summed E-state index contributed by atoms with van der Waals surface area (Å²) in [6.07, 6.45) is 0. The minimum absolute atomic E-state index is 0.0428. The molecule has 0 N–H and O–H groups in total. The van der Waals surface area contributed by atoms with Gasteiger partial charge in [-0.1, -0.05) is 30.3 Å². The van der Waals surface area contributed by atoms with Crippen LogP contribution in [-0.4, -0.2) is 62.1 Å². The van der Waals surface area contributed by atoms with Crippen LogP contribution < -0.4 is 4.74 Å². The summed E-state index contributed by atoms with van der Waals surface area (Å²) in [5, 5.41) is 2.18. The summed E-state index contributed by atoms with van der Waals surface area (Å²) in [7, 11) is -3.18. The molecule has 1 heterocycles. The van der Waals surface area contributed by atoms with Crippen LogP contribution in [0.25, 0.3) is 10.8 Å². The van der Waals surface area contributed by atoms with Crippen molar-refractivity contribution in [3.63, 3.8) is 0 Å². The van der Waals surface area contributed by atoms with Gasteiger partial charge < -0.3 is 9.64 Å². The zero-order valence-electron chi connectivity index (χ0n) is 14.2. The third-order valence-electron chi connectivity index (χ3n) is 4.43. The van der Waals surface area contributed by atoms with Crippen LogP contribution in [0.1, 0.15) is 6.92 Å². The van der Waals surface area contributed by atoms with E-state index in [4.69, 9.17) is 4.74 Å². The van der Waals surface area contributed by atoms with Gasteiger partial charge in [0.25, 0.3) is 5.91 Å². The second-order valence-corrected chi connectivity index (χ2v) is 8.24. The van der Waals surface area contributed by atoms with Crippen LogP contribution in [-0.2, 0) is 14.8 Å². The maximum absolute atomic E-state index is 12.3. The molecule has 0 spiro atoms. The zero-order chi connectivity index (χ0) is 17.9. The van der Waals surface area contributed by atoms with Crippen molar-refractivity contribution in [1.29, 1.82) is 0 Å². The number of ether oxygens (including phenoxy) is 1. The van der Waals surface area contributed by atoms with Crippen LogP contribution in [0.3, 0.4) is 0 Å². The minimum Gasteiger partial charge on any atom is -0.484 e. The molecule has 1 aliphatic heterocycles. The van der Waals surface area contributed by atoms with E-state index in [1.54, 1.807) is 11.8 Å². The molecule has 0 aliphatic carbocycles. The quantitative estimate of drug-likeness (QED) is 0.812. The first kappa shape index (κ1) is 17.7. The van der Waals surface area contributed by atoms with E-state index in [2.05, 4.69) is 0 Å². The maximum atomic E-state index is 12.3. The Kier molecular flexibility index (Phi) is 5.24. The van der Waals surface area contributed by atoms with Crippen molar-refractivity contribution in [2.75, 3.05) is 38.5 Å². The average molecular weight is 362 g/mol. The molecule has 2 aromatic carbocycles. The molecule has 7 heteroatoms. The van der Waals surface area contributed by atoms with Crippen molar-refractivity contribution in [3.05, 3.63) is 42.5 Å². The molecule has 1 saturated heterocycles. The lowest BCUT2D eigenvalue weighted by atomic mass is 10.1. The number of carbonyl (C=O) groups excluding carboxylic acids is 1. The van der Waals surface area contributed by atoms with E-state index in [-0.39, 0.29) is 18.3 Å². The molecule has 0 unspecified atom stereocenters. The smallest absolute Gasteiger partial charge is 0.260 e. The minimum atomic E-state index is -3.18. The third kappa shape index (κ3) is 4.11. The first-order valence-electron chi connectivity index (χ1n) is 8.37. The predicted molar refractivity (Wildman–Crippen MR) is 97.1 cm³/mol. The summed E-state index contributed by atoms with van der Waals surface area (Å²) >= 11 is 0. The normalized spacial score (nSPS) is 16.1. The van der Waals surface area contributed by atoms with Crippen molar-refractivity contribution in [2.45, 2.75) is 6.92 Å². The molecule has 0 aromatic heterocycles. The van der Waals surface area contributed by atoms with E-state index in [1.165, 1.54) is 4.31 Å². The van der Waals surface area contributed by atoms with E-state index >= 15 is 0 Å². The van der Waals surface area contributed by atoms with Gasteiger partial charge in [-0.25, -0.2) is 8.42 Å². The standard InChI is InChI=1S/C18H22N2O4S/c1-2-25(22,23)20-11-9-19(10-12-20)18(21)14-24-17-8-7-15-5-3-4-6-16(15)13-17/h3-8,13H,2,9-12,14H2,1H3. The summed E-state index contributed by atoms with van der Waals surface area (Å²) < 4.78 is 30.8. The summed E-state index contributed by atoms with van der Waals surface area (Å²) in [6, 6.07) is 13.7. The number of carbonyl (C=O) groups is 1. The SMILES string of the molecule is CCS(=O)(=O)N1CCN(C(=O)COc2ccc3ccccc3c2)CC1. The Labute approximate surface area is 148 Å². The van der Waals surface area contributed by atoms with Crippen LogP contribution in [0.2, 0.25) is 0 Å². The van der Waals surface area contributed by atoms with Gasteiger partial charge in [-0.05, 0) is 29.8 Å². The fourth-order valence-electron chi connectivity index (χ4n) is 2.89. The third-order valence-corrected chi connectivity index (χ3v) is 6.31. The van der Waals surface area contributed by atoms with Crippen molar-refractivity contribution in [3.8, 4) is 5.75 Å². The lowest BCUT2D eigenvalue weighted by Crippen LogP contribution is -2.51. The van der Waals surface area contributed by atoms with Crippen LogP contribution in [0, 0.1) is 0 Å². The number of nitrogens with zero attached hydrogens (tertiary/aromatic N) is 2. The highest BCUT2D eigenvalue weighted by molar-refractivity contribution is 7.89. The molecule has 3 rings (SSSR count). The fourth-order valence-corrected chi connectivity index (χ4v) is 3.98. The first-order valence-corrected chi connectivity index (χ1v) is 9.98. The molecule has 1 amide bonds. The lowest BCUT2D eigenvalue weighted by Gasteiger charge is -2.33. The Morgan fingerprint density at radius 2 is 1.72 bits per heavy atom. The number of hydrogen-bond donors (Lipinski definition) is 0. The highest BCUT2D eigenvalue weighted by atomic mass is 32.2. The highest BCUT2D eigenvalue weighted by Gasteiger charge is 2.27. The van der Waals surface area contributed by atoms with Gasteiger partial charge in [-0.15, -0.1) is 0 Å². The van der Waals surface area contributed by atoms with Crippen LogP contribution >= 0.6 is 0 Å². The molecular formula is C18H22N2O4S. The first-order chi connectivity index (χ1) is 12.0. The van der Waals surface area contributed by atoms with Crippen LogP contribution in [0.5, 0.6) is 5.75 Å². The van der Waals surface area contributed by atoms with Gasteiger partial charge >= 0.3 is 0 Å². The van der Waals surface area contributed by atoms with Gasteiger partial charge in [0, 0.05) is 26.2 Å². The number of rotatable bonds is 5. The summed E-state index contributed by atoms with van der Waals surface area (Å²) in [5.41, 5.74) is 0. The molecule has 1 aliphatic rings. The summed E-state index contributed by atoms with van der Waals surface area (Å²) in [5.74, 6) is 0.618. The topological polar surface area (TPSA) is 66.9 Å². The van der Waals surface area contributed by atoms with Crippen LogP contribution in [0.4, 0.5) is 0 Å². The summed E-state index contributed by atoms with van der Waals surface area (Å²) in [4.78, 5) is 13.9. The van der Waals surface area contributed by atoms with E-state index in [0.29, 0.717) is 31.9 Å². The number of fused-ring (bicyclic) bond motifs is 1. The van der Waals surface area contributed by atoms with Gasteiger partial charge in [0.1, 0.15) is 5.75 Å². The highest BCUT2D eigenvalue weighted by Crippen LogP contribution is 2.20. The van der Waals surface area contributed by atoms with Crippen molar-refractivity contribution >= 4 is 26.7 Å². The molecule has 0 atom stereocenters. The zero-order valence-corrected chi connectivity index (χ0v) is 15.0.